The average Bonchev–Trinajstić information content (AvgIpc) is 2.61. The Morgan fingerprint density at radius 2 is 1.77 bits per heavy atom. The molecule has 0 fully saturated rings. The zero-order chi connectivity index (χ0) is 19.4. The van der Waals surface area contributed by atoms with Crippen molar-refractivity contribution in [1.29, 1.82) is 0 Å². The van der Waals surface area contributed by atoms with Crippen LogP contribution < -0.4 is 4.74 Å². The number of esters is 1. The molecule has 0 saturated carbocycles. The molecule has 3 rings (SSSR count). The van der Waals surface area contributed by atoms with Crippen LogP contribution in [0.15, 0.2) is 41.2 Å². The third-order valence-electron chi connectivity index (χ3n) is 5.28. The number of carbonyl (C=O) groups excluding carboxylic acids is 3. The summed E-state index contributed by atoms with van der Waals surface area (Å²) in [6, 6.07) is 4.89. The van der Waals surface area contributed by atoms with E-state index in [4.69, 9.17) is 9.47 Å². The highest BCUT2D eigenvalue weighted by Gasteiger charge is 2.55. The molecular weight excluding hydrogens is 336 g/mol. The van der Waals surface area contributed by atoms with Crippen molar-refractivity contribution < 1.29 is 29.0 Å². The Balaban J connectivity index is 2.43. The molecule has 0 radical (unpaired) electrons. The van der Waals surface area contributed by atoms with Crippen LogP contribution in [0.1, 0.15) is 36.7 Å². The molecule has 0 bridgehead atoms. The fourth-order valence-electron chi connectivity index (χ4n) is 4.06. The van der Waals surface area contributed by atoms with Crippen LogP contribution in [0.4, 0.5) is 0 Å². The molecule has 6 heteroatoms. The first-order valence-electron chi connectivity index (χ1n) is 8.13. The van der Waals surface area contributed by atoms with Gasteiger partial charge in [-0.2, -0.15) is 0 Å². The van der Waals surface area contributed by atoms with Crippen LogP contribution in [0.25, 0.3) is 0 Å². The van der Waals surface area contributed by atoms with E-state index in [9.17, 15) is 19.5 Å². The molecule has 26 heavy (non-hydrogen) atoms. The molecule has 0 spiro atoms. The molecule has 136 valence electrons. The van der Waals surface area contributed by atoms with Crippen molar-refractivity contribution in [2.45, 2.75) is 26.2 Å². The third-order valence-corrected chi connectivity index (χ3v) is 5.28. The summed E-state index contributed by atoms with van der Waals surface area (Å²) in [5.41, 5.74) is -1.25. The molecule has 0 aliphatic heterocycles. The standard InChI is InChI=1S/C20H20O6/c1-19(2)16-15(22)14(21)11-7-6-10(25-4)8-13(11)20(16,3)9-12(17(19)23)18(24)26-5/h6-9,22H,1-5H3. The quantitative estimate of drug-likeness (QED) is 0.647. The van der Waals surface area contributed by atoms with Gasteiger partial charge in [0.2, 0.25) is 5.78 Å². The molecule has 1 aromatic carbocycles. The van der Waals surface area contributed by atoms with Crippen molar-refractivity contribution in [3.63, 3.8) is 0 Å². The smallest absolute Gasteiger partial charge is 0.341 e. The summed E-state index contributed by atoms with van der Waals surface area (Å²) >= 11 is 0. The first kappa shape index (κ1) is 17.9. The molecule has 0 heterocycles. The third kappa shape index (κ3) is 2.14. The molecule has 1 aromatic rings. The monoisotopic (exact) mass is 356 g/mol. The lowest BCUT2D eigenvalue weighted by Crippen LogP contribution is -2.48. The van der Waals surface area contributed by atoms with Crippen molar-refractivity contribution in [3.05, 3.63) is 52.3 Å². The normalized spacial score (nSPS) is 23.8. The molecule has 1 atom stereocenters. The van der Waals surface area contributed by atoms with E-state index in [1.54, 1.807) is 39.0 Å². The molecule has 0 saturated heterocycles. The molecule has 0 aromatic heterocycles. The van der Waals surface area contributed by atoms with Crippen LogP contribution >= 0.6 is 0 Å². The summed E-state index contributed by atoms with van der Waals surface area (Å²) in [5, 5.41) is 10.6. The van der Waals surface area contributed by atoms with E-state index in [1.807, 2.05) is 0 Å². The summed E-state index contributed by atoms with van der Waals surface area (Å²) in [6.45, 7) is 4.95. The Hall–Kier alpha value is -2.89. The van der Waals surface area contributed by atoms with E-state index < -0.39 is 34.1 Å². The average molecular weight is 356 g/mol. The van der Waals surface area contributed by atoms with Gasteiger partial charge >= 0.3 is 5.97 Å². The van der Waals surface area contributed by atoms with Crippen LogP contribution in [0.3, 0.4) is 0 Å². The topological polar surface area (TPSA) is 89.9 Å². The van der Waals surface area contributed by atoms with Crippen molar-refractivity contribution in [1.82, 2.24) is 0 Å². The van der Waals surface area contributed by atoms with Crippen molar-refractivity contribution in [2.75, 3.05) is 14.2 Å². The van der Waals surface area contributed by atoms with E-state index >= 15 is 0 Å². The minimum absolute atomic E-state index is 0.0975. The van der Waals surface area contributed by atoms with E-state index in [0.29, 0.717) is 16.9 Å². The van der Waals surface area contributed by atoms with Crippen molar-refractivity contribution in [2.24, 2.45) is 5.41 Å². The first-order chi connectivity index (χ1) is 12.1. The van der Waals surface area contributed by atoms with Gasteiger partial charge in [-0.15, -0.1) is 0 Å². The molecule has 2 aliphatic rings. The lowest BCUT2D eigenvalue weighted by molar-refractivity contribution is -0.139. The number of aliphatic hydroxyl groups excluding tert-OH is 1. The van der Waals surface area contributed by atoms with Crippen LogP contribution in [-0.2, 0) is 19.7 Å². The van der Waals surface area contributed by atoms with Crippen LogP contribution in [0.5, 0.6) is 5.75 Å². The predicted molar refractivity (Wildman–Crippen MR) is 93.2 cm³/mol. The van der Waals surface area contributed by atoms with Crippen LogP contribution in [-0.4, -0.2) is 36.9 Å². The first-order valence-corrected chi connectivity index (χ1v) is 8.13. The maximum Gasteiger partial charge on any atom is 0.341 e. The minimum Gasteiger partial charge on any atom is -0.504 e. The van der Waals surface area contributed by atoms with Gasteiger partial charge in [-0.25, -0.2) is 4.79 Å². The van der Waals surface area contributed by atoms with Gasteiger partial charge in [0, 0.05) is 16.6 Å². The number of Topliss-reactive ketones (excluding diaryl/α,β-unsaturated/α-hetero) is 2. The van der Waals surface area contributed by atoms with Gasteiger partial charge in [-0.1, -0.05) is 6.08 Å². The lowest BCUT2D eigenvalue weighted by Gasteiger charge is -2.45. The molecule has 6 nitrogen and oxygen atoms in total. The highest BCUT2D eigenvalue weighted by molar-refractivity contribution is 6.23. The lowest BCUT2D eigenvalue weighted by atomic mass is 9.55. The zero-order valence-electron chi connectivity index (χ0n) is 15.3. The van der Waals surface area contributed by atoms with E-state index in [0.717, 1.165) is 0 Å². The van der Waals surface area contributed by atoms with Crippen LogP contribution in [0.2, 0.25) is 0 Å². The Kier molecular flexibility index (Phi) is 3.83. The number of ether oxygens (including phenoxy) is 2. The minimum atomic E-state index is -1.26. The fourth-order valence-corrected chi connectivity index (χ4v) is 4.06. The summed E-state index contributed by atoms with van der Waals surface area (Å²) in [7, 11) is 2.71. The number of fused-ring (bicyclic) bond motifs is 3. The molecule has 2 aliphatic carbocycles. The fraction of sp³-hybridized carbons (Fsp3) is 0.350. The van der Waals surface area contributed by atoms with Gasteiger partial charge < -0.3 is 14.6 Å². The molecule has 1 N–H and O–H groups in total. The number of hydrogen-bond acceptors (Lipinski definition) is 6. The van der Waals surface area contributed by atoms with Crippen molar-refractivity contribution >= 4 is 17.5 Å². The number of methoxy groups -OCH3 is 2. The summed E-state index contributed by atoms with van der Waals surface area (Å²) in [5.74, 6) is -1.72. The van der Waals surface area contributed by atoms with Gasteiger partial charge in [-0.05, 0) is 44.5 Å². The van der Waals surface area contributed by atoms with Crippen LogP contribution in [0, 0.1) is 5.41 Å². The summed E-state index contributed by atoms with van der Waals surface area (Å²) in [4.78, 5) is 37.8. The Morgan fingerprint density at radius 3 is 2.35 bits per heavy atom. The predicted octanol–water partition coefficient (Wildman–Crippen LogP) is 2.67. The molecule has 0 amide bonds. The van der Waals surface area contributed by atoms with Crippen molar-refractivity contribution in [3.8, 4) is 5.75 Å². The maximum atomic E-state index is 12.9. The summed E-state index contributed by atoms with van der Waals surface area (Å²) < 4.78 is 10.0. The second-order valence-electron chi connectivity index (χ2n) is 7.17. The molecular formula is C20H20O6. The highest BCUT2D eigenvalue weighted by Crippen LogP contribution is 2.54. The second kappa shape index (κ2) is 5.56. The maximum absolute atomic E-state index is 12.9. The van der Waals surface area contributed by atoms with E-state index in [-0.39, 0.29) is 11.1 Å². The number of carbonyl (C=O) groups is 3. The van der Waals surface area contributed by atoms with Gasteiger partial charge in [0.25, 0.3) is 0 Å². The highest BCUT2D eigenvalue weighted by atomic mass is 16.5. The number of rotatable bonds is 2. The van der Waals surface area contributed by atoms with E-state index in [2.05, 4.69) is 0 Å². The number of ketones is 2. The van der Waals surface area contributed by atoms with Gasteiger partial charge in [0.05, 0.1) is 19.6 Å². The second-order valence-corrected chi connectivity index (χ2v) is 7.17. The summed E-state index contributed by atoms with van der Waals surface area (Å²) in [6.07, 6.45) is 1.47. The van der Waals surface area contributed by atoms with E-state index in [1.165, 1.54) is 20.3 Å². The molecule has 1 unspecified atom stereocenters. The number of benzene rings is 1. The Bertz CT molecular complexity index is 918. The number of aliphatic hydroxyl groups is 1. The number of allylic oxidation sites excluding steroid dienone is 3. The Morgan fingerprint density at radius 1 is 1.12 bits per heavy atom. The van der Waals surface area contributed by atoms with Gasteiger partial charge in [0.1, 0.15) is 11.3 Å². The number of hydrogen-bond donors (Lipinski definition) is 1. The SMILES string of the molecule is COC(=O)C1=CC2(C)C(=C(O)C(=O)c3ccc(OC)cc32)C(C)(C)C1=O. The van der Waals surface area contributed by atoms with Gasteiger partial charge in [0.15, 0.2) is 11.5 Å². The Labute approximate surface area is 151 Å². The zero-order valence-corrected chi connectivity index (χ0v) is 15.3. The van der Waals surface area contributed by atoms with Gasteiger partial charge in [-0.3, -0.25) is 9.59 Å². The largest absolute Gasteiger partial charge is 0.504 e.